The van der Waals surface area contributed by atoms with Crippen LogP contribution in [0.25, 0.3) is 17.1 Å². The Morgan fingerprint density at radius 2 is 1.97 bits per heavy atom. The molecule has 0 amide bonds. The molecule has 0 aliphatic carbocycles. The Hall–Kier alpha value is -1.70. The number of aliphatic hydroxyl groups is 1. The molecule has 1 saturated heterocycles. The van der Waals surface area contributed by atoms with E-state index in [-0.39, 0.29) is 6.61 Å². The Kier molecular flexibility index (Phi) is 7.37. The summed E-state index contributed by atoms with van der Waals surface area (Å²) in [6.07, 6.45) is 2.12. The number of aliphatic hydroxyl groups excluding tert-OH is 1. The fourth-order valence-corrected chi connectivity index (χ4v) is 5.14. The maximum absolute atomic E-state index is 9.61. The summed E-state index contributed by atoms with van der Waals surface area (Å²) in [5.41, 5.74) is 2.98. The van der Waals surface area contributed by atoms with Crippen LogP contribution in [0, 0.1) is 10.7 Å². The monoisotopic (exact) mass is 490 g/mol. The van der Waals surface area contributed by atoms with Gasteiger partial charge in [-0.15, -0.1) is 5.10 Å². The fourth-order valence-electron chi connectivity index (χ4n) is 4.36. The van der Waals surface area contributed by atoms with Crippen LogP contribution < -0.4 is 0 Å². The Balaban J connectivity index is 1.85. The highest BCUT2D eigenvalue weighted by atomic mass is 35.5. The first-order chi connectivity index (χ1) is 15.4. The Morgan fingerprint density at radius 1 is 1.19 bits per heavy atom. The normalized spacial score (nSPS) is 17.2. The average molecular weight is 491 g/mol. The molecule has 0 spiro atoms. The van der Waals surface area contributed by atoms with Crippen molar-refractivity contribution in [1.82, 2.24) is 19.2 Å². The molecule has 170 valence electrons. The maximum Gasteiger partial charge on any atom is 0.204 e. The number of piperidine rings is 1. The summed E-state index contributed by atoms with van der Waals surface area (Å²) >= 11 is 18.7. The molecule has 0 saturated carbocycles. The van der Waals surface area contributed by atoms with Gasteiger partial charge in [-0.25, -0.2) is 4.68 Å². The summed E-state index contributed by atoms with van der Waals surface area (Å²) < 4.78 is 4.50. The number of para-hydroxylation sites is 1. The van der Waals surface area contributed by atoms with Gasteiger partial charge in [-0.2, -0.15) is 0 Å². The third-order valence-electron chi connectivity index (χ3n) is 6.01. The number of hydrogen-bond acceptors (Lipinski definition) is 4. The van der Waals surface area contributed by atoms with Crippen LogP contribution >= 0.6 is 35.4 Å². The molecule has 1 aliphatic heterocycles. The molecule has 0 bridgehead atoms. The van der Waals surface area contributed by atoms with Gasteiger partial charge in [0, 0.05) is 23.7 Å². The molecule has 0 radical (unpaired) electrons. The van der Waals surface area contributed by atoms with E-state index >= 15 is 0 Å². The topological polar surface area (TPSA) is 46.2 Å². The van der Waals surface area contributed by atoms with Crippen LogP contribution in [0.15, 0.2) is 42.5 Å². The van der Waals surface area contributed by atoms with Crippen molar-refractivity contribution < 1.29 is 5.11 Å². The molecule has 1 N–H and O–H groups in total. The summed E-state index contributed by atoms with van der Waals surface area (Å²) in [5, 5.41) is 15.7. The summed E-state index contributed by atoms with van der Waals surface area (Å²) in [5.74, 6) is 1.31. The van der Waals surface area contributed by atoms with Crippen LogP contribution in [0.1, 0.15) is 38.2 Å². The highest BCUT2D eigenvalue weighted by Gasteiger charge is 2.23. The van der Waals surface area contributed by atoms with Gasteiger partial charge in [-0.05, 0) is 73.3 Å². The predicted molar refractivity (Wildman–Crippen MR) is 133 cm³/mol. The largest absolute Gasteiger partial charge is 0.396 e. The molecule has 1 fully saturated rings. The SMILES string of the molecule is CC(C)c1ccccc1-n1c(-c2ccc(Cl)cc2Cl)nn(CN2CCCC(CO)C2)c1=S. The summed E-state index contributed by atoms with van der Waals surface area (Å²) in [4.78, 5) is 2.30. The Labute approximate surface area is 204 Å². The molecule has 3 aromatic rings. The van der Waals surface area contributed by atoms with E-state index < -0.39 is 0 Å². The van der Waals surface area contributed by atoms with Crippen LogP contribution in [0.5, 0.6) is 0 Å². The molecule has 1 aromatic heterocycles. The molecule has 2 aromatic carbocycles. The van der Waals surface area contributed by atoms with Crippen LogP contribution in [0.4, 0.5) is 0 Å². The first-order valence-corrected chi connectivity index (χ1v) is 12.1. The molecule has 1 unspecified atom stereocenters. The van der Waals surface area contributed by atoms with Crippen molar-refractivity contribution in [3.63, 3.8) is 0 Å². The molecule has 1 atom stereocenters. The minimum Gasteiger partial charge on any atom is -0.396 e. The highest BCUT2D eigenvalue weighted by molar-refractivity contribution is 7.71. The van der Waals surface area contributed by atoms with Crippen molar-refractivity contribution in [1.29, 1.82) is 0 Å². The molecule has 4 rings (SSSR count). The number of halogens is 2. The zero-order chi connectivity index (χ0) is 22.8. The quantitative estimate of drug-likeness (QED) is 0.420. The number of benzene rings is 2. The van der Waals surface area contributed by atoms with Gasteiger partial charge >= 0.3 is 0 Å². The van der Waals surface area contributed by atoms with Crippen molar-refractivity contribution in [3.8, 4) is 17.1 Å². The van der Waals surface area contributed by atoms with E-state index in [1.807, 2.05) is 33.5 Å². The van der Waals surface area contributed by atoms with Gasteiger partial charge in [0.2, 0.25) is 4.77 Å². The fraction of sp³-hybridized carbons (Fsp3) is 0.417. The Bertz CT molecular complexity index is 1160. The van der Waals surface area contributed by atoms with E-state index in [9.17, 15) is 5.11 Å². The van der Waals surface area contributed by atoms with Crippen molar-refractivity contribution in [2.24, 2.45) is 5.92 Å². The number of aromatic nitrogens is 3. The number of hydrogen-bond donors (Lipinski definition) is 1. The molecule has 32 heavy (non-hydrogen) atoms. The second-order valence-corrected chi connectivity index (χ2v) is 9.90. The van der Waals surface area contributed by atoms with Crippen LogP contribution in [0.3, 0.4) is 0 Å². The van der Waals surface area contributed by atoms with Crippen LogP contribution in [-0.2, 0) is 6.67 Å². The van der Waals surface area contributed by atoms with Crippen LogP contribution in [-0.4, -0.2) is 44.1 Å². The third kappa shape index (κ3) is 4.80. The van der Waals surface area contributed by atoms with Gasteiger partial charge in [-0.3, -0.25) is 9.47 Å². The maximum atomic E-state index is 9.61. The number of nitrogens with zero attached hydrogens (tertiary/aromatic N) is 4. The minimum atomic E-state index is 0.212. The summed E-state index contributed by atoms with van der Waals surface area (Å²) in [6, 6.07) is 13.7. The first kappa shape index (κ1) is 23.5. The standard InChI is InChI=1S/C24H28Cl2N4OS/c1-16(2)19-7-3-4-8-22(19)30-23(20-10-9-18(25)12-21(20)26)27-29(24(30)32)15-28-11-5-6-17(13-28)14-31/h3-4,7-10,12,16-17,31H,5-6,11,13-15H2,1-2H3. The first-order valence-electron chi connectivity index (χ1n) is 11.0. The Morgan fingerprint density at radius 3 is 2.69 bits per heavy atom. The molecule has 1 aliphatic rings. The zero-order valence-electron chi connectivity index (χ0n) is 18.3. The molecular weight excluding hydrogens is 463 g/mol. The van der Waals surface area contributed by atoms with E-state index in [0.29, 0.717) is 39.1 Å². The molecule has 5 nitrogen and oxygen atoms in total. The lowest BCUT2D eigenvalue weighted by Crippen LogP contribution is -2.38. The van der Waals surface area contributed by atoms with E-state index in [4.69, 9.17) is 40.5 Å². The number of likely N-dealkylation sites (tertiary alicyclic amines) is 1. The van der Waals surface area contributed by atoms with Gasteiger partial charge in [0.15, 0.2) is 5.82 Å². The van der Waals surface area contributed by atoms with Crippen molar-refractivity contribution in [2.45, 2.75) is 39.3 Å². The lowest BCUT2D eigenvalue weighted by molar-refractivity contribution is 0.0939. The van der Waals surface area contributed by atoms with Gasteiger partial charge in [0.1, 0.15) is 0 Å². The lowest BCUT2D eigenvalue weighted by atomic mass is 10.00. The molecule has 8 heteroatoms. The predicted octanol–water partition coefficient (Wildman–Crippen LogP) is 6.16. The summed E-state index contributed by atoms with van der Waals surface area (Å²) in [6.45, 7) is 6.93. The second-order valence-electron chi connectivity index (χ2n) is 8.69. The van der Waals surface area contributed by atoms with E-state index in [2.05, 4.69) is 30.9 Å². The second kappa shape index (κ2) is 10.1. The van der Waals surface area contributed by atoms with Crippen molar-refractivity contribution in [3.05, 3.63) is 62.8 Å². The van der Waals surface area contributed by atoms with Gasteiger partial charge in [-0.1, -0.05) is 55.2 Å². The van der Waals surface area contributed by atoms with E-state index in [1.54, 1.807) is 6.07 Å². The minimum absolute atomic E-state index is 0.212. The van der Waals surface area contributed by atoms with E-state index in [0.717, 1.165) is 37.2 Å². The number of rotatable bonds is 6. The molecule has 2 heterocycles. The van der Waals surface area contributed by atoms with Gasteiger partial charge in [0.25, 0.3) is 0 Å². The smallest absolute Gasteiger partial charge is 0.204 e. The van der Waals surface area contributed by atoms with Gasteiger partial charge in [0.05, 0.1) is 17.4 Å². The molecular formula is C24H28Cl2N4OS. The summed E-state index contributed by atoms with van der Waals surface area (Å²) in [7, 11) is 0. The van der Waals surface area contributed by atoms with Crippen molar-refractivity contribution >= 4 is 35.4 Å². The highest BCUT2D eigenvalue weighted by Crippen LogP contribution is 2.33. The third-order valence-corrected chi connectivity index (χ3v) is 6.95. The van der Waals surface area contributed by atoms with Gasteiger partial charge < -0.3 is 5.11 Å². The zero-order valence-corrected chi connectivity index (χ0v) is 20.7. The van der Waals surface area contributed by atoms with Crippen molar-refractivity contribution in [2.75, 3.05) is 19.7 Å². The van der Waals surface area contributed by atoms with Crippen LogP contribution in [0.2, 0.25) is 10.0 Å². The van der Waals surface area contributed by atoms with E-state index in [1.165, 1.54) is 5.56 Å². The average Bonchev–Trinajstić information content (AvgIpc) is 3.09. The lowest BCUT2D eigenvalue weighted by Gasteiger charge is -2.31.